The van der Waals surface area contributed by atoms with Gasteiger partial charge in [0.05, 0.1) is 0 Å². The molecule has 0 aromatic carbocycles. The summed E-state index contributed by atoms with van der Waals surface area (Å²) < 4.78 is 28.1. The van der Waals surface area contributed by atoms with Gasteiger partial charge in [-0.25, -0.2) is 9.44 Å². The van der Waals surface area contributed by atoms with Gasteiger partial charge in [0, 0.05) is 19.1 Å². The lowest BCUT2D eigenvalue weighted by molar-refractivity contribution is 0.300. The molecule has 6 heteroatoms. The van der Waals surface area contributed by atoms with E-state index < -0.39 is 10.2 Å². The van der Waals surface area contributed by atoms with Crippen molar-refractivity contribution in [3.63, 3.8) is 0 Å². The number of hydrogen-bond donors (Lipinski definition) is 3. The van der Waals surface area contributed by atoms with Gasteiger partial charge in [0.25, 0.3) is 10.2 Å². The number of piperidine rings is 1. The van der Waals surface area contributed by atoms with E-state index in [9.17, 15) is 8.42 Å². The molecule has 1 saturated heterocycles. The van der Waals surface area contributed by atoms with Crippen molar-refractivity contribution in [1.82, 2.24) is 14.8 Å². The number of rotatable bonds is 6. The van der Waals surface area contributed by atoms with E-state index in [2.05, 4.69) is 21.7 Å². The van der Waals surface area contributed by atoms with Crippen LogP contribution in [0.5, 0.6) is 0 Å². The van der Waals surface area contributed by atoms with Crippen molar-refractivity contribution in [3.05, 3.63) is 0 Å². The Balaban J connectivity index is 2.32. The molecule has 1 fully saturated rings. The molecular weight excluding hydrogens is 226 g/mol. The van der Waals surface area contributed by atoms with Crippen LogP contribution in [0.15, 0.2) is 0 Å². The van der Waals surface area contributed by atoms with Crippen LogP contribution in [0.4, 0.5) is 0 Å². The van der Waals surface area contributed by atoms with Gasteiger partial charge in [-0.05, 0) is 31.7 Å². The van der Waals surface area contributed by atoms with Crippen molar-refractivity contribution in [2.45, 2.75) is 39.2 Å². The molecule has 1 rings (SSSR count). The van der Waals surface area contributed by atoms with Crippen LogP contribution >= 0.6 is 0 Å². The molecule has 96 valence electrons. The summed E-state index contributed by atoms with van der Waals surface area (Å²) in [5, 5.41) is 3.34. The summed E-state index contributed by atoms with van der Waals surface area (Å²) in [7, 11) is -3.31. The Morgan fingerprint density at radius 1 is 1.38 bits per heavy atom. The second-order valence-electron chi connectivity index (χ2n) is 4.43. The van der Waals surface area contributed by atoms with Crippen molar-refractivity contribution >= 4 is 10.2 Å². The second-order valence-corrected chi connectivity index (χ2v) is 6.01. The topological polar surface area (TPSA) is 70.2 Å². The quantitative estimate of drug-likeness (QED) is 0.630. The van der Waals surface area contributed by atoms with Crippen molar-refractivity contribution in [1.29, 1.82) is 0 Å². The first-order valence-corrected chi connectivity index (χ1v) is 7.51. The first kappa shape index (κ1) is 13.9. The van der Waals surface area contributed by atoms with Crippen LogP contribution in [-0.4, -0.2) is 34.1 Å². The molecule has 0 radical (unpaired) electrons. The highest BCUT2D eigenvalue weighted by atomic mass is 32.2. The normalized spacial score (nSPS) is 26.9. The highest BCUT2D eigenvalue weighted by Gasteiger charge is 2.22. The predicted octanol–water partition coefficient (Wildman–Crippen LogP) is 0.209. The zero-order valence-electron chi connectivity index (χ0n) is 10.1. The Bertz CT molecular complexity index is 292. The maximum absolute atomic E-state index is 11.5. The summed E-state index contributed by atoms with van der Waals surface area (Å²) in [6.45, 7) is 6.04. The van der Waals surface area contributed by atoms with Crippen LogP contribution < -0.4 is 14.8 Å². The van der Waals surface area contributed by atoms with E-state index in [1.54, 1.807) is 0 Å². The minimum absolute atomic E-state index is 0.256. The van der Waals surface area contributed by atoms with Crippen molar-refractivity contribution < 1.29 is 8.42 Å². The summed E-state index contributed by atoms with van der Waals surface area (Å²) in [5.41, 5.74) is 0. The Hall–Kier alpha value is -0.170. The fourth-order valence-corrected chi connectivity index (χ4v) is 2.85. The molecule has 2 atom stereocenters. The van der Waals surface area contributed by atoms with Gasteiger partial charge in [0.2, 0.25) is 0 Å². The van der Waals surface area contributed by atoms with Crippen LogP contribution in [0.25, 0.3) is 0 Å². The molecule has 2 unspecified atom stereocenters. The zero-order valence-corrected chi connectivity index (χ0v) is 10.9. The van der Waals surface area contributed by atoms with E-state index in [0.717, 1.165) is 13.0 Å². The molecule has 0 saturated carbocycles. The molecule has 1 aliphatic heterocycles. The van der Waals surface area contributed by atoms with E-state index in [4.69, 9.17) is 0 Å². The molecule has 3 N–H and O–H groups in total. The Morgan fingerprint density at radius 2 is 2.12 bits per heavy atom. The first-order valence-electron chi connectivity index (χ1n) is 6.03. The smallest absolute Gasteiger partial charge is 0.276 e. The summed E-state index contributed by atoms with van der Waals surface area (Å²) in [6.07, 6.45) is 3.15. The Kier molecular flexibility index (Phi) is 5.68. The average molecular weight is 249 g/mol. The lowest BCUT2D eigenvalue weighted by Gasteiger charge is -2.30. The van der Waals surface area contributed by atoms with E-state index >= 15 is 0 Å². The van der Waals surface area contributed by atoms with Crippen LogP contribution in [0, 0.1) is 5.92 Å². The molecule has 0 bridgehead atoms. The molecule has 1 aliphatic rings. The van der Waals surface area contributed by atoms with Crippen LogP contribution in [0.2, 0.25) is 0 Å². The third-order valence-corrected chi connectivity index (χ3v) is 4.10. The average Bonchev–Trinajstić information content (AvgIpc) is 2.26. The van der Waals surface area contributed by atoms with Crippen molar-refractivity contribution in [3.8, 4) is 0 Å². The molecular formula is C10H23N3O2S. The van der Waals surface area contributed by atoms with Gasteiger partial charge in [-0.15, -0.1) is 0 Å². The van der Waals surface area contributed by atoms with Gasteiger partial charge < -0.3 is 5.32 Å². The van der Waals surface area contributed by atoms with E-state index in [0.29, 0.717) is 19.0 Å². The predicted molar refractivity (Wildman–Crippen MR) is 65.4 cm³/mol. The van der Waals surface area contributed by atoms with Crippen LogP contribution in [0.1, 0.15) is 33.1 Å². The molecule has 0 aromatic rings. The third kappa shape index (κ3) is 4.78. The van der Waals surface area contributed by atoms with E-state index in [1.807, 2.05) is 6.92 Å². The summed E-state index contributed by atoms with van der Waals surface area (Å²) in [6, 6.07) is 0.256. The zero-order chi connectivity index (χ0) is 12.0. The van der Waals surface area contributed by atoms with Crippen LogP contribution in [0.3, 0.4) is 0 Å². The third-order valence-electron chi connectivity index (χ3n) is 2.97. The SMILES string of the molecule is CCCNS(=O)(=O)NCC1NCCCC1C. The fraction of sp³-hybridized carbons (Fsp3) is 1.00. The highest BCUT2D eigenvalue weighted by molar-refractivity contribution is 7.87. The van der Waals surface area contributed by atoms with Gasteiger partial charge in [0.1, 0.15) is 0 Å². The Labute approximate surface area is 98.6 Å². The minimum Gasteiger partial charge on any atom is -0.312 e. The maximum Gasteiger partial charge on any atom is 0.276 e. The molecule has 0 spiro atoms. The van der Waals surface area contributed by atoms with Gasteiger partial charge >= 0.3 is 0 Å². The number of hydrogen-bond acceptors (Lipinski definition) is 3. The number of nitrogens with one attached hydrogen (secondary N) is 3. The van der Waals surface area contributed by atoms with Gasteiger partial charge in [-0.2, -0.15) is 8.42 Å². The summed E-state index contributed by atoms with van der Waals surface area (Å²) in [5.74, 6) is 0.530. The highest BCUT2D eigenvalue weighted by Crippen LogP contribution is 2.14. The van der Waals surface area contributed by atoms with Gasteiger partial charge in [-0.3, -0.25) is 0 Å². The monoisotopic (exact) mass is 249 g/mol. The van der Waals surface area contributed by atoms with Crippen LogP contribution in [-0.2, 0) is 10.2 Å². The van der Waals surface area contributed by atoms with E-state index in [1.165, 1.54) is 12.8 Å². The summed E-state index contributed by atoms with van der Waals surface area (Å²) >= 11 is 0. The maximum atomic E-state index is 11.5. The minimum atomic E-state index is -3.31. The fourth-order valence-electron chi connectivity index (χ4n) is 1.87. The molecule has 0 aromatic heterocycles. The van der Waals surface area contributed by atoms with Gasteiger partial charge in [0.15, 0.2) is 0 Å². The molecule has 16 heavy (non-hydrogen) atoms. The molecule has 0 aliphatic carbocycles. The van der Waals surface area contributed by atoms with Crippen molar-refractivity contribution in [2.75, 3.05) is 19.6 Å². The molecule has 5 nitrogen and oxygen atoms in total. The largest absolute Gasteiger partial charge is 0.312 e. The molecule has 1 heterocycles. The standard InChI is InChI=1S/C10H23N3O2S/c1-3-6-12-16(14,15)13-8-10-9(2)5-4-7-11-10/h9-13H,3-8H2,1-2H3. The van der Waals surface area contributed by atoms with E-state index in [-0.39, 0.29) is 6.04 Å². The summed E-state index contributed by atoms with van der Waals surface area (Å²) in [4.78, 5) is 0. The first-order chi connectivity index (χ1) is 7.55. The lowest BCUT2D eigenvalue weighted by Crippen LogP contribution is -2.49. The van der Waals surface area contributed by atoms with Gasteiger partial charge in [-0.1, -0.05) is 13.8 Å². The lowest BCUT2D eigenvalue weighted by atomic mass is 9.93. The van der Waals surface area contributed by atoms with Crippen molar-refractivity contribution in [2.24, 2.45) is 5.92 Å². The Morgan fingerprint density at radius 3 is 2.75 bits per heavy atom. The molecule has 0 amide bonds. The second kappa shape index (κ2) is 6.54.